The summed E-state index contributed by atoms with van der Waals surface area (Å²) in [6.07, 6.45) is 1.51. The Kier molecular flexibility index (Phi) is 14.6. The van der Waals surface area contributed by atoms with E-state index in [4.69, 9.17) is 5.73 Å². The number of hydrogen-bond donors (Lipinski definition) is 5. The summed E-state index contributed by atoms with van der Waals surface area (Å²) in [6.45, 7) is 3.68. The van der Waals surface area contributed by atoms with Crippen molar-refractivity contribution < 1.29 is 14.4 Å². The molecule has 0 aliphatic rings. The maximum Gasteiger partial charge on any atom is 0.242 e. The number of hydrogen-bond acceptors (Lipinski definition) is 5. The van der Waals surface area contributed by atoms with Crippen LogP contribution in [0.1, 0.15) is 17.5 Å². The van der Waals surface area contributed by atoms with Crippen LogP contribution in [0.5, 0.6) is 0 Å². The predicted molar refractivity (Wildman–Crippen MR) is 100 cm³/mol. The molecule has 3 amide bonds. The van der Waals surface area contributed by atoms with E-state index in [0.29, 0.717) is 0 Å². The zero-order valence-corrected chi connectivity index (χ0v) is 15.0. The second-order valence-electron chi connectivity index (χ2n) is 4.48. The Morgan fingerprint density at radius 1 is 1.16 bits per heavy atom. The quantitative estimate of drug-likeness (QED) is 0.432. The number of rotatable bonds is 7. The standard InChI is InChI=1S/C15H19N3O3.2CH5N/c1-3-10-6-4-5-7-11(10)8-14(20)18-12(9-13(16)19)15(21)17-2;2*1-2/h3-7,12H,1,8-9H2,2H3,(H2,16,19)(H,17,21)(H,18,20);2*2H2,1H3/t12-;;/m0../s1. The van der Waals surface area contributed by atoms with Gasteiger partial charge < -0.3 is 27.8 Å². The van der Waals surface area contributed by atoms with Crippen LogP contribution in [0.4, 0.5) is 0 Å². The molecule has 0 unspecified atom stereocenters. The molecule has 1 atom stereocenters. The fourth-order valence-electron chi connectivity index (χ4n) is 1.90. The smallest absolute Gasteiger partial charge is 0.242 e. The number of carbonyl (C=O) groups is 3. The Bertz CT molecular complexity index is 561. The summed E-state index contributed by atoms with van der Waals surface area (Å²) in [5, 5.41) is 4.90. The molecule has 0 spiro atoms. The third kappa shape index (κ3) is 9.90. The second-order valence-corrected chi connectivity index (χ2v) is 4.48. The third-order valence-electron chi connectivity index (χ3n) is 2.93. The Labute approximate surface area is 148 Å². The first-order valence-electron chi connectivity index (χ1n) is 7.63. The van der Waals surface area contributed by atoms with Crippen LogP contribution in [0.3, 0.4) is 0 Å². The van der Waals surface area contributed by atoms with Gasteiger partial charge in [0.1, 0.15) is 6.04 Å². The molecule has 0 fully saturated rings. The minimum atomic E-state index is -0.962. The van der Waals surface area contributed by atoms with Crippen LogP contribution in [-0.2, 0) is 20.8 Å². The lowest BCUT2D eigenvalue weighted by Gasteiger charge is -2.16. The molecule has 1 aromatic rings. The number of carbonyl (C=O) groups excluding carboxylic acids is 3. The lowest BCUT2D eigenvalue weighted by molar-refractivity contribution is -0.130. The van der Waals surface area contributed by atoms with Gasteiger partial charge in [0.15, 0.2) is 0 Å². The first-order chi connectivity index (χ1) is 12.0. The van der Waals surface area contributed by atoms with Crippen LogP contribution in [0.15, 0.2) is 30.8 Å². The summed E-state index contributed by atoms with van der Waals surface area (Å²) in [5.41, 5.74) is 15.7. The average Bonchev–Trinajstić information content (AvgIpc) is 2.63. The summed E-state index contributed by atoms with van der Waals surface area (Å²) in [6, 6.07) is 6.35. The fourth-order valence-corrected chi connectivity index (χ4v) is 1.90. The summed E-state index contributed by atoms with van der Waals surface area (Å²) in [4.78, 5) is 34.6. The van der Waals surface area contributed by atoms with Crippen molar-refractivity contribution in [1.29, 1.82) is 0 Å². The molecule has 0 aromatic heterocycles. The maximum atomic E-state index is 12.0. The molecule has 0 saturated carbocycles. The van der Waals surface area contributed by atoms with Crippen LogP contribution in [0.2, 0.25) is 0 Å². The Hall–Kier alpha value is -2.71. The zero-order chi connectivity index (χ0) is 19.8. The highest BCUT2D eigenvalue weighted by atomic mass is 16.2. The molecule has 0 bridgehead atoms. The van der Waals surface area contributed by atoms with E-state index in [1.807, 2.05) is 18.2 Å². The van der Waals surface area contributed by atoms with Crippen molar-refractivity contribution in [3.63, 3.8) is 0 Å². The molecule has 0 radical (unpaired) electrons. The number of likely N-dealkylation sites (N-methyl/N-ethyl adjacent to an activating group) is 1. The largest absolute Gasteiger partial charge is 0.370 e. The zero-order valence-electron chi connectivity index (χ0n) is 15.0. The number of amides is 3. The van der Waals surface area contributed by atoms with E-state index in [-0.39, 0.29) is 18.7 Å². The predicted octanol–water partition coefficient (Wildman–Crippen LogP) is -0.872. The minimum Gasteiger partial charge on any atom is -0.370 e. The highest BCUT2D eigenvalue weighted by molar-refractivity contribution is 5.92. The lowest BCUT2D eigenvalue weighted by Crippen LogP contribution is -2.48. The first-order valence-corrected chi connectivity index (χ1v) is 7.63. The molecular formula is C17H29N5O3. The third-order valence-corrected chi connectivity index (χ3v) is 2.93. The van der Waals surface area contributed by atoms with Crippen molar-refractivity contribution in [2.75, 3.05) is 21.1 Å². The van der Waals surface area contributed by atoms with Crippen molar-refractivity contribution in [3.05, 3.63) is 42.0 Å². The highest BCUT2D eigenvalue weighted by Crippen LogP contribution is 2.10. The molecule has 8 N–H and O–H groups in total. The molecule has 25 heavy (non-hydrogen) atoms. The molecule has 0 aliphatic heterocycles. The van der Waals surface area contributed by atoms with E-state index in [9.17, 15) is 14.4 Å². The Morgan fingerprint density at radius 2 is 1.72 bits per heavy atom. The molecule has 8 heteroatoms. The second kappa shape index (κ2) is 14.9. The summed E-state index contributed by atoms with van der Waals surface area (Å²) < 4.78 is 0. The number of nitrogens with one attached hydrogen (secondary N) is 2. The molecule has 1 aromatic carbocycles. The summed E-state index contributed by atoms with van der Waals surface area (Å²) in [5.74, 6) is -1.48. The first kappa shape index (κ1) is 24.5. The van der Waals surface area contributed by atoms with E-state index < -0.39 is 17.9 Å². The van der Waals surface area contributed by atoms with Gasteiger partial charge in [-0.3, -0.25) is 14.4 Å². The van der Waals surface area contributed by atoms with Gasteiger partial charge in [0.25, 0.3) is 0 Å². The van der Waals surface area contributed by atoms with Gasteiger partial charge in [0, 0.05) is 7.05 Å². The van der Waals surface area contributed by atoms with Crippen LogP contribution < -0.4 is 27.8 Å². The van der Waals surface area contributed by atoms with Gasteiger partial charge in [-0.05, 0) is 25.2 Å². The van der Waals surface area contributed by atoms with E-state index in [2.05, 4.69) is 28.7 Å². The fraction of sp³-hybridized carbons (Fsp3) is 0.353. The van der Waals surface area contributed by atoms with Gasteiger partial charge in [-0.1, -0.05) is 36.9 Å². The van der Waals surface area contributed by atoms with Gasteiger partial charge in [-0.15, -0.1) is 0 Å². The van der Waals surface area contributed by atoms with Crippen molar-refractivity contribution in [2.24, 2.45) is 17.2 Å². The van der Waals surface area contributed by atoms with Crippen molar-refractivity contribution >= 4 is 23.8 Å². The molecule has 140 valence electrons. The molecule has 1 rings (SSSR count). The summed E-state index contributed by atoms with van der Waals surface area (Å²) in [7, 11) is 4.43. The van der Waals surface area contributed by atoms with Crippen molar-refractivity contribution in [3.8, 4) is 0 Å². The molecule has 8 nitrogen and oxygen atoms in total. The minimum absolute atomic E-state index is 0.0917. The van der Waals surface area contributed by atoms with Crippen molar-refractivity contribution in [2.45, 2.75) is 18.9 Å². The van der Waals surface area contributed by atoms with E-state index >= 15 is 0 Å². The highest BCUT2D eigenvalue weighted by Gasteiger charge is 2.22. The van der Waals surface area contributed by atoms with Crippen LogP contribution in [-0.4, -0.2) is 44.9 Å². The van der Waals surface area contributed by atoms with E-state index in [0.717, 1.165) is 11.1 Å². The van der Waals surface area contributed by atoms with E-state index in [1.165, 1.54) is 21.1 Å². The molecule has 0 saturated heterocycles. The van der Waals surface area contributed by atoms with Crippen molar-refractivity contribution in [1.82, 2.24) is 10.6 Å². The number of benzene rings is 1. The van der Waals surface area contributed by atoms with Crippen LogP contribution in [0.25, 0.3) is 6.08 Å². The maximum absolute atomic E-state index is 12.0. The lowest BCUT2D eigenvalue weighted by atomic mass is 10.0. The summed E-state index contributed by atoms with van der Waals surface area (Å²) >= 11 is 0. The van der Waals surface area contributed by atoms with E-state index in [1.54, 1.807) is 12.1 Å². The average molecular weight is 351 g/mol. The topological polar surface area (TPSA) is 153 Å². The molecule has 0 aliphatic carbocycles. The normalized spacial score (nSPS) is 9.96. The van der Waals surface area contributed by atoms with Gasteiger partial charge in [0.05, 0.1) is 12.8 Å². The Balaban J connectivity index is 0. The molecular weight excluding hydrogens is 322 g/mol. The van der Waals surface area contributed by atoms with Gasteiger partial charge in [0.2, 0.25) is 17.7 Å². The SMILES string of the molecule is C=Cc1ccccc1CC(=O)N[C@@H](CC(N)=O)C(=O)NC.CN.CN. The Morgan fingerprint density at radius 3 is 2.20 bits per heavy atom. The van der Waals surface area contributed by atoms with Gasteiger partial charge in [-0.2, -0.15) is 0 Å². The van der Waals surface area contributed by atoms with Gasteiger partial charge in [-0.25, -0.2) is 0 Å². The molecule has 0 heterocycles. The van der Waals surface area contributed by atoms with Crippen LogP contribution in [0, 0.1) is 0 Å². The van der Waals surface area contributed by atoms with Crippen LogP contribution >= 0.6 is 0 Å². The number of primary amides is 1. The van der Waals surface area contributed by atoms with Gasteiger partial charge >= 0.3 is 0 Å². The number of nitrogens with two attached hydrogens (primary N) is 3. The monoisotopic (exact) mass is 351 g/mol.